The fraction of sp³-hybridized carbons (Fsp3) is 0.375. The summed E-state index contributed by atoms with van der Waals surface area (Å²) >= 11 is 1.41. The third kappa shape index (κ3) is 4.56. The summed E-state index contributed by atoms with van der Waals surface area (Å²) in [6, 6.07) is 15.5. The van der Waals surface area contributed by atoms with Crippen LogP contribution in [-0.2, 0) is 23.0 Å². The summed E-state index contributed by atoms with van der Waals surface area (Å²) in [6.45, 7) is 2.77. The molecule has 0 amide bonds. The summed E-state index contributed by atoms with van der Waals surface area (Å²) < 4.78 is 28.2. The Labute approximate surface area is 198 Å². The Balaban J connectivity index is 1.31. The molecule has 7 nitrogen and oxygen atoms in total. The predicted molar refractivity (Wildman–Crippen MR) is 130 cm³/mol. The van der Waals surface area contributed by atoms with E-state index >= 15 is 0 Å². The Morgan fingerprint density at radius 2 is 1.91 bits per heavy atom. The maximum Gasteiger partial charge on any atom is 0.234 e. The number of nitrogens with zero attached hydrogens (tertiary/aromatic N) is 4. The zero-order valence-corrected chi connectivity index (χ0v) is 20.1. The molecule has 0 saturated heterocycles. The number of anilines is 1. The molecule has 0 atom stereocenters. The fourth-order valence-corrected chi connectivity index (χ4v) is 6.17. The standard InChI is InChI=1S/C24H26N4O3S2/c1-2-33(30,31)28-13-12-19-14-20(10-11-21(19)28)22(29)16-32-24-26-25-23(18-8-9-18)27(24)15-17-6-4-3-5-7-17/h3-7,10-11,14,18H,2,8-9,12-13,15-16H2,1H3. The van der Waals surface area contributed by atoms with Crippen LogP contribution in [0.2, 0.25) is 0 Å². The quantitative estimate of drug-likeness (QED) is 0.340. The lowest BCUT2D eigenvalue weighted by atomic mass is 10.1. The average molecular weight is 483 g/mol. The number of rotatable bonds is 9. The van der Waals surface area contributed by atoms with Gasteiger partial charge in [-0.25, -0.2) is 8.42 Å². The lowest BCUT2D eigenvalue weighted by Gasteiger charge is -2.18. The van der Waals surface area contributed by atoms with Crippen molar-refractivity contribution in [2.45, 2.75) is 43.8 Å². The van der Waals surface area contributed by atoms with E-state index in [2.05, 4.69) is 26.9 Å². The summed E-state index contributed by atoms with van der Waals surface area (Å²) in [4.78, 5) is 13.0. The predicted octanol–water partition coefficient (Wildman–Crippen LogP) is 3.89. The first kappa shape index (κ1) is 22.2. The molecule has 172 valence electrons. The van der Waals surface area contributed by atoms with Gasteiger partial charge in [0.05, 0.1) is 23.7 Å². The first-order valence-corrected chi connectivity index (χ1v) is 13.8. The van der Waals surface area contributed by atoms with E-state index < -0.39 is 10.0 Å². The molecule has 1 fully saturated rings. The van der Waals surface area contributed by atoms with Crippen molar-refractivity contribution < 1.29 is 13.2 Å². The number of Topliss-reactive ketones (excluding diaryl/α,β-unsaturated/α-hetero) is 1. The molecule has 2 aliphatic rings. The highest BCUT2D eigenvalue weighted by atomic mass is 32.2. The van der Waals surface area contributed by atoms with Gasteiger partial charge in [0.25, 0.3) is 0 Å². The van der Waals surface area contributed by atoms with Crippen LogP contribution < -0.4 is 4.31 Å². The Hall–Kier alpha value is -2.65. The monoisotopic (exact) mass is 482 g/mol. The third-order valence-corrected chi connectivity index (χ3v) is 8.91. The molecule has 1 aliphatic heterocycles. The van der Waals surface area contributed by atoms with Crippen molar-refractivity contribution in [2.75, 3.05) is 22.4 Å². The van der Waals surface area contributed by atoms with Gasteiger partial charge in [-0.2, -0.15) is 0 Å². The minimum Gasteiger partial charge on any atom is -0.301 e. The van der Waals surface area contributed by atoms with Crippen molar-refractivity contribution >= 4 is 33.3 Å². The first-order valence-electron chi connectivity index (χ1n) is 11.2. The second-order valence-corrected chi connectivity index (χ2v) is 11.6. The van der Waals surface area contributed by atoms with Crippen LogP contribution in [0.1, 0.15) is 53.0 Å². The number of ketones is 1. The van der Waals surface area contributed by atoms with Gasteiger partial charge in [0.2, 0.25) is 10.0 Å². The number of benzene rings is 2. The maximum atomic E-state index is 13.0. The van der Waals surface area contributed by atoms with E-state index in [-0.39, 0.29) is 17.3 Å². The molecular formula is C24H26N4O3S2. The van der Waals surface area contributed by atoms with Crippen LogP contribution in [0, 0.1) is 0 Å². The Morgan fingerprint density at radius 3 is 2.64 bits per heavy atom. The summed E-state index contributed by atoms with van der Waals surface area (Å²) in [5.74, 6) is 1.79. The van der Waals surface area contributed by atoms with Crippen LogP contribution >= 0.6 is 11.8 Å². The largest absolute Gasteiger partial charge is 0.301 e. The van der Waals surface area contributed by atoms with E-state index in [1.165, 1.54) is 21.6 Å². The van der Waals surface area contributed by atoms with Crippen molar-refractivity contribution in [1.29, 1.82) is 0 Å². The number of hydrogen-bond donors (Lipinski definition) is 0. The molecule has 9 heteroatoms. The zero-order chi connectivity index (χ0) is 23.0. The van der Waals surface area contributed by atoms with Crippen molar-refractivity contribution in [1.82, 2.24) is 14.8 Å². The van der Waals surface area contributed by atoms with Crippen molar-refractivity contribution in [3.05, 3.63) is 71.0 Å². The number of hydrogen-bond acceptors (Lipinski definition) is 6. The van der Waals surface area contributed by atoms with Gasteiger partial charge >= 0.3 is 0 Å². The highest BCUT2D eigenvalue weighted by Gasteiger charge is 2.31. The molecule has 0 spiro atoms. The fourth-order valence-electron chi connectivity index (χ4n) is 4.17. The summed E-state index contributed by atoms with van der Waals surface area (Å²) in [6.07, 6.45) is 2.89. The van der Waals surface area contributed by atoms with Gasteiger partial charge in [-0.05, 0) is 55.5 Å². The lowest BCUT2D eigenvalue weighted by molar-refractivity contribution is 0.102. The van der Waals surface area contributed by atoms with E-state index in [4.69, 9.17) is 0 Å². The van der Waals surface area contributed by atoms with Crippen molar-refractivity contribution in [3.63, 3.8) is 0 Å². The van der Waals surface area contributed by atoms with Gasteiger partial charge in [0.1, 0.15) is 5.82 Å². The van der Waals surface area contributed by atoms with E-state index in [1.54, 1.807) is 19.1 Å². The third-order valence-electron chi connectivity index (χ3n) is 6.16. The first-order chi connectivity index (χ1) is 16.0. The summed E-state index contributed by atoms with van der Waals surface area (Å²) in [5, 5.41) is 9.58. The molecule has 2 aromatic carbocycles. The number of aromatic nitrogens is 3. The highest BCUT2D eigenvalue weighted by molar-refractivity contribution is 7.99. The Kier molecular flexibility index (Phi) is 6.01. The smallest absolute Gasteiger partial charge is 0.234 e. The SMILES string of the molecule is CCS(=O)(=O)N1CCc2cc(C(=O)CSc3nnc(C4CC4)n3Cc3ccccc3)ccc21. The molecular weight excluding hydrogens is 456 g/mol. The number of fused-ring (bicyclic) bond motifs is 1. The molecule has 1 aliphatic carbocycles. The van der Waals surface area contributed by atoms with Gasteiger partial charge in [-0.3, -0.25) is 9.10 Å². The minimum absolute atomic E-state index is 0.00170. The van der Waals surface area contributed by atoms with Crippen LogP contribution in [0.5, 0.6) is 0 Å². The molecule has 33 heavy (non-hydrogen) atoms. The van der Waals surface area contributed by atoms with Crippen LogP contribution in [0.25, 0.3) is 0 Å². The molecule has 0 N–H and O–H groups in total. The van der Waals surface area contributed by atoms with Crippen molar-refractivity contribution in [3.8, 4) is 0 Å². The van der Waals surface area contributed by atoms with Gasteiger partial charge in [-0.1, -0.05) is 42.1 Å². The van der Waals surface area contributed by atoms with Crippen LogP contribution in [0.15, 0.2) is 53.7 Å². The Morgan fingerprint density at radius 1 is 1.12 bits per heavy atom. The molecule has 1 saturated carbocycles. The second kappa shape index (κ2) is 8.95. The zero-order valence-electron chi connectivity index (χ0n) is 18.5. The molecule has 0 radical (unpaired) electrons. The molecule has 1 aromatic heterocycles. The van der Waals surface area contributed by atoms with E-state index in [9.17, 15) is 13.2 Å². The van der Waals surface area contributed by atoms with Crippen molar-refractivity contribution in [2.24, 2.45) is 0 Å². The molecule has 0 bridgehead atoms. The average Bonchev–Trinajstić information content (AvgIpc) is 3.45. The normalized spacial score (nSPS) is 15.6. The lowest BCUT2D eigenvalue weighted by Crippen LogP contribution is -2.30. The number of sulfonamides is 1. The van der Waals surface area contributed by atoms with Gasteiger partial charge in [0, 0.05) is 18.0 Å². The molecule has 2 heterocycles. The van der Waals surface area contributed by atoms with Gasteiger partial charge in [-0.15, -0.1) is 10.2 Å². The second-order valence-electron chi connectivity index (χ2n) is 8.46. The molecule has 0 unspecified atom stereocenters. The number of thioether (sulfide) groups is 1. The Bertz CT molecular complexity index is 1280. The minimum atomic E-state index is -3.29. The summed E-state index contributed by atoms with van der Waals surface area (Å²) in [5.41, 5.74) is 3.38. The van der Waals surface area contributed by atoms with E-state index in [1.807, 2.05) is 24.3 Å². The van der Waals surface area contributed by atoms with Gasteiger partial charge < -0.3 is 4.57 Å². The summed E-state index contributed by atoms with van der Waals surface area (Å²) in [7, 11) is -3.29. The van der Waals surface area contributed by atoms with Crippen LogP contribution in [0.4, 0.5) is 5.69 Å². The van der Waals surface area contributed by atoms with E-state index in [0.29, 0.717) is 36.7 Å². The van der Waals surface area contributed by atoms with Crippen LogP contribution in [-0.4, -0.2) is 47.0 Å². The molecule has 3 aromatic rings. The van der Waals surface area contributed by atoms with E-state index in [0.717, 1.165) is 29.4 Å². The number of carbonyl (C=O) groups is 1. The van der Waals surface area contributed by atoms with Crippen LogP contribution in [0.3, 0.4) is 0 Å². The number of carbonyl (C=O) groups excluding carboxylic acids is 1. The highest BCUT2D eigenvalue weighted by Crippen LogP contribution is 2.40. The topological polar surface area (TPSA) is 85.2 Å². The molecule has 5 rings (SSSR count). The maximum absolute atomic E-state index is 13.0. The van der Waals surface area contributed by atoms with Gasteiger partial charge in [0.15, 0.2) is 10.9 Å².